The fourth-order valence-electron chi connectivity index (χ4n) is 3.53. The molecule has 6 nitrogen and oxygen atoms in total. The number of aryl methyl sites for hydroxylation is 1. The third kappa shape index (κ3) is 3.73. The number of aromatic nitrogens is 4. The molecule has 0 spiro atoms. The second-order valence-electron chi connectivity index (χ2n) is 7.24. The van der Waals surface area contributed by atoms with Crippen LogP contribution in [0, 0.1) is 6.92 Å². The van der Waals surface area contributed by atoms with Crippen molar-refractivity contribution in [1.82, 2.24) is 19.7 Å². The molecular weight excluding hydrogens is 412 g/mol. The normalized spacial score (nSPS) is 11.2. The van der Waals surface area contributed by atoms with Crippen molar-refractivity contribution in [2.75, 3.05) is 0 Å². The highest BCUT2D eigenvalue weighted by Crippen LogP contribution is 2.23. The van der Waals surface area contributed by atoms with E-state index in [-0.39, 0.29) is 12.1 Å². The van der Waals surface area contributed by atoms with Crippen LogP contribution in [0.5, 0.6) is 0 Å². The maximum absolute atomic E-state index is 13.4. The average Bonchev–Trinajstić information content (AvgIpc) is 3.24. The molecule has 0 aliphatic carbocycles. The smallest absolute Gasteiger partial charge is 0.260 e. The van der Waals surface area contributed by atoms with E-state index in [0.717, 1.165) is 22.1 Å². The summed E-state index contributed by atoms with van der Waals surface area (Å²) in [6.45, 7) is 2.12. The number of hydrogen-bond acceptors (Lipinski definition) is 5. The van der Waals surface area contributed by atoms with E-state index >= 15 is 0 Å². The number of benzene rings is 2. The van der Waals surface area contributed by atoms with Crippen molar-refractivity contribution in [3.05, 3.63) is 99.8 Å². The lowest BCUT2D eigenvalue weighted by Crippen LogP contribution is -2.23. The lowest BCUT2D eigenvalue weighted by Gasteiger charge is -2.11. The maximum Gasteiger partial charge on any atom is 0.260 e. The molecule has 0 saturated heterocycles. The molecule has 0 saturated carbocycles. The number of fused-ring (bicyclic) bond motifs is 1. The first kappa shape index (κ1) is 19.2. The molecule has 0 radical (unpaired) electrons. The lowest BCUT2D eigenvalue weighted by atomic mass is 10.0. The standard InChI is InChI=1S/C24H17ClN4O2/c1-15-4-2-5-17(12-15)20-13-18-6-3-11-26-22(18)29(24(20)30)14-21-27-28-23(31-21)16-7-9-19(25)10-8-16/h2-13H,14H2,1H3. The Bertz CT molecular complexity index is 1450. The fourth-order valence-corrected chi connectivity index (χ4v) is 3.66. The van der Waals surface area contributed by atoms with Crippen LogP contribution in [-0.4, -0.2) is 19.7 Å². The zero-order valence-corrected chi connectivity index (χ0v) is 17.4. The molecule has 31 heavy (non-hydrogen) atoms. The molecule has 5 aromatic rings. The summed E-state index contributed by atoms with van der Waals surface area (Å²) in [7, 11) is 0. The highest BCUT2D eigenvalue weighted by atomic mass is 35.5. The van der Waals surface area contributed by atoms with Gasteiger partial charge in [-0.1, -0.05) is 41.4 Å². The Labute approximate surface area is 182 Å². The second kappa shape index (κ2) is 7.81. The van der Waals surface area contributed by atoms with E-state index in [2.05, 4.69) is 15.2 Å². The first-order valence-corrected chi connectivity index (χ1v) is 10.1. The number of pyridine rings is 2. The molecule has 0 aliphatic heterocycles. The summed E-state index contributed by atoms with van der Waals surface area (Å²) < 4.78 is 7.40. The molecular formula is C24H17ClN4O2. The Morgan fingerprint density at radius 2 is 1.81 bits per heavy atom. The Balaban J connectivity index is 1.61. The summed E-state index contributed by atoms with van der Waals surface area (Å²) in [4.78, 5) is 17.9. The molecule has 0 atom stereocenters. The van der Waals surface area contributed by atoms with Crippen LogP contribution in [0.4, 0.5) is 0 Å². The first-order valence-electron chi connectivity index (χ1n) is 9.72. The predicted octanol–water partition coefficient (Wildman–Crippen LogP) is 5.12. The van der Waals surface area contributed by atoms with Crippen molar-refractivity contribution in [3.63, 3.8) is 0 Å². The highest BCUT2D eigenvalue weighted by Gasteiger charge is 2.16. The Hall–Kier alpha value is -3.77. The summed E-state index contributed by atoms with van der Waals surface area (Å²) in [5.41, 5.74) is 3.70. The number of halogens is 1. The van der Waals surface area contributed by atoms with Crippen LogP contribution in [0.3, 0.4) is 0 Å². The lowest BCUT2D eigenvalue weighted by molar-refractivity contribution is 0.488. The number of rotatable bonds is 4. The van der Waals surface area contributed by atoms with Gasteiger partial charge in [0, 0.05) is 27.7 Å². The van der Waals surface area contributed by atoms with Gasteiger partial charge in [-0.15, -0.1) is 10.2 Å². The zero-order valence-electron chi connectivity index (χ0n) is 16.6. The van der Waals surface area contributed by atoms with Gasteiger partial charge in [-0.05, 0) is 55.0 Å². The second-order valence-corrected chi connectivity index (χ2v) is 7.68. The minimum atomic E-state index is -0.164. The van der Waals surface area contributed by atoms with E-state index in [1.54, 1.807) is 35.0 Å². The van der Waals surface area contributed by atoms with Crippen molar-refractivity contribution in [3.8, 4) is 22.6 Å². The monoisotopic (exact) mass is 428 g/mol. The molecule has 0 bridgehead atoms. The van der Waals surface area contributed by atoms with Crippen molar-refractivity contribution < 1.29 is 4.42 Å². The van der Waals surface area contributed by atoms with E-state index in [4.69, 9.17) is 16.0 Å². The molecule has 152 valence electrons. The van der Waals surface area contributed by atoms with E-state index in [1.807, 2.05) is 49.4 Å². The van der Waals surface area contributed by atoms with E-state index in [1.165, 1.54) is 0 Å². The Morgan fingerprint density at radius 1 is 0.968 bits per heavy atom. The van der Waals surface area contributed by atoms with Gasteiger partial charge < -0.3 is 4.42 Å². The summed E-state index contributed by atoms with van der Waals surface area (Å²) in [5, 5.41) is 9.74. The molecule has 7 heteroatoms. The highest BCUT2D eigenvalue weighted by molar-refractivity contribution is 6.30. The molecule has 3 heterocycles. The maximum atomic E-state index is 13.4. The van der Waals surface area contributed by atoms with Gasteiger partial charge in [-0.25, -0.2) is 4.98 Å². The van der Waals surface area contributed by atoms with Crippen molar-refractivity contribution in [1.29, 1.82) is 0 Å². The van der Waals surface area contributed by atoms with Crippen LogP contribution in [0.15, 0.2) is 82.1 Å². The van der Waals surface area contributed by atoms with Crippen LogP contribution < -0.4 is 5.56 Å². The van der Waals surface area contributed by atoms with Gasteiger partial charge in [0.05, 0.1) is 0 Å². The number of hydrogen-bond donors (Lipinski definition) is 0. The van der Waals surface area contributed by atoms with E-state index in [9.17, 15) is 4.79 Å². The summed E-state index contributed by atoms with van der Waals surface area (Å²) >= 11 is 5.95. The molecule has 2 aromatic carbocycles. The van der Waals surface area contributed by atoms with Gasteiger partial charge in [-0.2, -0.15) is 0 Å². The van der Waals surface area contributed by atoms with Crippen LogP contribution in [0.1, 0.15) is 11.5 Å². The van der Waals surface area contributed by atoms with Gasteiger partial charge >= 0.3 is 0 Å². The van der Waals surface area contributed by atoms with Crippen molar-refractivity contribution in [2.24, 2.45) is 0 Å². The molecule has 3 aromatic heterocycles. The largest absolute Gasteiger partial charge is 0.419 e. The topological polar surface area (TPSA) is 73.8 Å². The molecule has 0 fully saturated rings. The SMILES string of the molecule is Cc1cccc(-c2cc3cccnc3n(Cc3nnc(-c4ccc(Cl)cc4)o3)c2=O)c1. The fraction of sp³-hybridized carbons (Fsp3) is 0.0833. The van der Waals surface area contributed by atoms with Crippen molar-refractivity contribution in [2.45, 2.75) is 13.5 Å². The molecule has 0 amide bonds. The Morgan fingerprint density at radius 3 is 2.61 bits per heavy atom. The molecule has 0 aliphatic rings. The molecule has 0 N–H and O–H groups in total. The van der Waals surface area contributed by atoms with Gasteiger partial charge in [0.15, 0.2) is 0 Å². The molecule has 5 rings (SSSR count). The minimum absolute atomic E-state index is 0.118. The molecule has 0 unspecified atom stereocenters. The zero-order chi connectivity index (χ0) is 21.4. The van der Waals surface area contributed by atoms with Gasteiger partial charge in [0.25, 0.3) is 5.56 Å². The first-order chi connectivity index (χ1) is 15.1. The summed E-state index contributed by atoms with van der Waals surface area (Å²) in [5.74, 6) is 0.687. The van der Waals surface area contributed by atoms with E-state index in [0.29, 0.717) is 28.0 Å². The van der Waals surface area contributed by atoms with Crippen LogP contribution in [0.25, 0.3) is 33.6 Å². The quantitative estimate of drug-likeness (QED) is 0.397. The van der Waals surface area contributed by atoms with Crippen molar-refractivity contribution >= 4 is 22.6 Å². The summed E-state index contributed by atoms with van der Waals surface area (Å²) in [6, 6.07) is 20.7. The van der Waals surface area contributed by atoms with Gasteiger partial charge in [0.1, 0.15) is 12.2 Å². The van der Waals surface area contributed by atoms with Crippen LogP contribution in [-0.2, 0) is 6.54 Å². The minimum Gasteiger partial charge on any atom is -0.419 e. The summed E-state index contributed by atoms with van der Waals surface area (Å²) in [6.07, 6.45) is 1.66. The van der Waals surface area contributed by atoms with Gasteiger partial charge in [-0.3, -0.25) is 9.36 Å². The van der Waals surface area contributed by atoms with Crippen LogP contribution in [0.2, 0.25) is 5.02 Å². The predicted molar refractivity (Wildman–Crippen MR) is 120 cm³/mol. The van der Waals surface area contributed by atoms with E-state index < -0.39 is 0 Å². The Kier molecular flexibility index (Phi) is 4.84. The van der Waals surface area contributed by atoms with Gasteiger partial charge in [0.2, 0.25) is 11.8 Å². The third-order valence-electron chi connectivity index (χ3n) is 5.03. The van der Waals surface area contributed by atoms with Crippen LogP contribution >= 0.6 is 11.6 Å². The third-order valence-corrected chi connectivity index (χ3v) is 5.28. The average molecular weight is 429 g/mol. The number of nitrogens with zero attached hydrogens (tertiary/aromatic N) is 4.